The maximum atomic E-state index is 5.97. The van der Waals surface area contributed by atoms with Gasteiger partial charge in [-0.1, -0.05) is 27.5 Å². The van der Waals surface area contributed by atoms with Gasteiger partial charge in [0.15, 0.2) is 0 Å². The maximum absolute atomic E-state index is 5.97. The van der Waals surface area contributed by atoms with Crippen molar-refractivity contribution in [2.24, 2.45) is 0 Å². The summed E-state index contributed by atoms with van der Waals surface area (Å²) in [7, 11) is 2.03. The quantitative estimate of drug-likeness (QED) is 0.852. The van der Waals surface area contributed by atoms with E-state index in [1.54, 1.807) is 0 Å². The van der Waals surface area contributed by atoms with Gasteiger partial charge in [-0.2, -0.15) is 0 Å². The van der Waals surface area contributed by atoms with Crippen LogP contribution in [0.15, 0.2) is 46.9 Å². The van der Waals surface area contributed by atoms with Crippen molar-refractivity contribution in [3.63, 3.8) is 0 Å². The molecule has 0 bridgehead atoms. The number of nitrogen functional groups attached to an aromatic ring is 1. The highest BCUT2D eigenvalue weighted by atomic mass is 79.9. The van der Waals surface area contributed by atoms with Crippen molar-refractivity contribution in [3.8, 4) is 0 Å². The molecule has 18 heavy (non-hydrogen) atoms. The van der Waals surface area contributed by atoms with Crippen molar-refractivity contribution in [2.75, 3.05) is 17.7 Å². The molecule has 0 aromatic heterocycles. The zero-order valence-corrected chi connectivity index (χ0v) is 12.4. The SMILES string of the molecule is CN(Cc1cc(Br)ccc1N)c1ccc(Cl)cc1. The molecule has 2 nitrogen and oxygen atoms in total. The summed E-state index contributed by atoms with van der Waals surface area (Å²) in [6.45, 7) is 0.757. The van der Waals surface area contributed by atoms with E-state index in [0.29, 0.717) is 0 Å². The fourth-order valence-electron chi connectivity index (χ4n) is 1.75. The Kier molecular flexibility index (Phi) is 4.15. The molecule has 0 fully saturated rings. The number of nitrogens with zero attached hydrogens (tertiary/aromatic N) is 1. The first-order valence-corrected chi connectivity index (χ1v) is 6.74. The Morgan fingerprint density at radius 2 is 1.83 bits per heavy atom. The van der Waals surface area contributed by atoms with Gasteiger partial charge in [-0.15, -0.1) is 0 Å². The minimum absolute atomic E-state index is 0.745. The first-order chi connectivity index (χ1) is 8.56. The minimum atomic E-state index is 0.745. The molecule has 0 aliphatic rings. The van der Waals surface area contributed by atoms with Crippen LogP contribution < -0.4 is 10.6 Å². The average Bonchev–Trinajstić information content (AvgIpc) is 2.34. The standard InChI is InChI=1S/C14H14BrClN2/c1-18(13-5-3-12(16)4-6-13)9-10-8-11(15)2-7-14(10)17/h2-8H,9,17H2,1H3. The van der Waals surface area contributed by atoms with Gasteiger partial charge in [0.1, 0.15) is 0 Å². The number of hydrogen-bond acceptors (Lipinski definition) is 2. The first kappa shape index (κ1) is 13.2. The van der Waals surface area contributed by atoms with E-state index < -0.39 is 0 Å². The predicted octanol–water partition coefficient (Wildman–Crippen LogP) is 4.32. The number of benzene rings is 2. The van der Waals surface area contributed by atoms with Crippen molar-refractivity contribution < 1.29 is 0 Å². The van der Waals surface area contributed by atoms with Gasteiger partial charge < -0.3 is 10.6 Å². The van der Waals surface area contributed by atoms with E-state index in [-0.39, 0.29) is 0 Å². The molecule has 0 heterocycles. The molecule has 0 aliphatic heterocycles. The molecule has 0 radical (unpaired) electrons. The first-order valence-electron chi connectivity index (χ1n) is 5.57. The van der Waals surface area contributed by atoms with Crippen LogP contribution in [0.25, 0.3) is 0 Å². The third-order valence-corrected chi connectivity index (χ3v) is 3.53. The fourth-order valence-corrected chi connectivity index (χ4v) is 2.29. The molecule has 4 heteroatoms. The van der Waals surface area contributed by atoms with Crippen molar-refractivity contribution in [2.45, 2.75) is 6.54 Å². The fraction of sp³-hybridized carbons (Fsp3) is 0.143. The third kappa shape index (κ3) is 3.18. The second-order valence-electron chi connectivity index (χ2n) is 4.18. The number of rotatable bonds is 3. The summed E-state index contributed by atoms with van der Waals surface area (Å²) in [4.78, 5) is 2.13. The molecule has 0 amide bonds. The summed E-state index contributed by atoms with van der Waals surface area (Å²) in [6.07, 6.45) is 0. The van der Waals surface area contributed by atoms with Crippen LogP contribution in [0.1, 0.15) is 5.56 Å². The molecule has 2 N–H and O–H groups in total. The van der Waals surface area contributed by atoms with Crippen molar-refractivity contribution in [1.29, 1.82) is 0 Å². The Morgan fingerprint density at radius 1 is 1.17 bits per heavy atom. The third-order valence-electron chi connectivity index (χ3n) is 2.78. The second-order valence-corrected chi connectivity index (χ2v) is 5.53. The smallest absolute Gasteiger partial charge is 0.0447 e. The minimum Gasteiger partial charge on any atom is -0.398 e. The highest BCUT2D eigenvalue weighted by Crippen LogP contribution is 2.23. The van der Waals surface area contributed by atoms with E-state index >= 15 is 0 Å². The maximum Gasteiger partial charge on any atom is 0.0447 e. The molecule has 2 rings (SSSR count). The summed E-state index contributed by atoms with van der Waals surface area (Å²) in [5, 5.41) is 0.745. The van der Waals surface area contributed by atoms with Gasteiger partial charge in [-0.3, -0.25) is 0 Å². The van der Waals surface area contributed by atoms with Crippen LogP contribution in [0.4, 0.5) is 11.4 Å². The number of anilines is 2. The Bertz CT molecular complexity index is 540. The van der Waals surface area contributed by atoms with Crippen LogP contribution in [-0.4, -0.2) is 7.05 Å². The van der Waals surface area contributed by atoms with Crippen molar-refractivity contribution in [3.05, 3.63) is 57.5 Å². The van der Waals surface area contributed by atoms with Gasteiger partial charge in [0.05, 0.1) is 0 Å². The summed E-state index contributed by atoms with van der Waals surface area (Å²) in [5.74, 6) is 0. The van der Waals surface area contributed by atoms with Gasteiger partial charge in [-0.25, -0.2) is 0 Å². The lowest BCUT2D eigenvalue weighted by Gasteiger charge is -2.20. The van der Waals surface area contributed by atoms with E-state index in [1.165, 1.54) is 0 Å². The molecular formula is C14H14BrClN2. The van der Waals surface area contributed by atoms with E-state index in [9.17, 15) is 0 Å². The van der Waals surface area contributed by atoms with Gasteiger partial charge in [0.2, 0.25) is 0 Å². The Morgan fingerprint density at radius 3 is 2.50 bits per heavy atom. The normalized spacial score (nSPS) is 10.4. The number of halogens is 2. The van der Waals surface area contributed by atoms with Crippen LogP contribution in [0.2, 0.25) is 5.02 Å². The zero-order chi connectivity index (χ0) is 13.1. The van der Waals surface area contributed by atoms with E-state index in [2.05, 4.69) is 20.8 Å². The lowest BCUT2D eigenvalue weighted by atomic mass is 10.1. The van der Waals surface area contributed by atoms with Crippen LogP contribution in [0, 0.1) is 0 Å². The molecule has 2 aromatic carbocycles. The van der Waals surface area contributed by atoms with E-state index in [1.807, 2.05) is 49.5 Å². The monoisotopic (exact) mass is 324 g/mol. The van der Waals surface area contributed by atoms with Crippen molar-refractivity contribution >= 4 is 38.9 Å². The molecule has 0 atom stereocenters. The molecule has 0 spiro atoms. The average molecular weight is 326 g/mol. The molecule has 94 valence electrons. The summed E-state index contributed by atoms with van der Waals surface area (Å²) < 4.78 is 1.04. The zero-order valence-electron chi connectivity index (χ0n) is 10.0. The molecule has 0 saturated heterocycles. The van der Waals surface area contributed by atoms with Gasteiger partial charge >= 0.3 is 0 Å². The number of hydrogen-bond donors (Lipinski definition) is 1. The van der Waals surface area contributed by atoms with Crippen LogP contribution >= 0.6 is 27.5 Å². The lowest BCUT2D eigenvalue weighted by molar-refractivity contribution is 0.925. The van der Waals surface area contributed by atoms with E-state index in [0.717, 1.165) is 33.0 Å². The van der Waals surface area contributed by atoms with Gasteiger partial charge in [0, 0.05) is 34.5 Å². The lowest BCUT2D eigenvalue weighted by Crippen LogP contribution is -2.17. The number of nitrogens with two attached hydrogens (primary N) is 1. The van der Waals surface area contributed by atoms with Gasteiger partial charge in [0.25, 0.3) is 0 Å². The molecule has 2 aromatic rings. The van der Waals surface area contributed by atoms with Crippen LogP contribution in [-0.2, 0) is 6.54 Å². The Hall–Kier alpha value is -1.19. The summed E-state index contributed by atoms with van der Waals surface area (Å²) >= 11 is 9.34. The largest absolute Gasteiger partial charge is 0.398 e. The summed E-state index contributed by atoms with van der Waals surface area (Å²) in [5.41, 5.74) is 8.98. The Labute approximate surface area is 120 Å². The highest BCUT2D eigenvalue weighted by molar-refractivity contribution is 9.10. The molecule has 0 saturated carbocycles. The second kappa shape index (κ2) is 5.63. The summed E-state index contributed by atoms with van der Waals surface area (Å²) in [6, 6.07) is 13.7. The molecule has 0 unspecified atom stereocenters. The van der Waals surface area contributed by atoms with Gasteiger partial charge in [-0.05, 0) is 48.0 Å². The Balaban J connectivity index is 2.18. The van der Waals surface area contributed by atoms with Crippen LogP contribution in [0.3, 0.4) is 0 Å². The highest BCUT2D eigenvalue weighted by Gasteiger charge is 2.05. The van der Waals surface area contributed by atoms with Crippen molar-refractivity contribution in [1.82, 2.24) is 0 Å². The van der Waals surface area contributed by atoms with E-state index in [4.69, 9.17) is 17.3 Å². The molecule has 0 aliphatic carbocycles. The molecular weight excluding hydrogens is 312 g/mol. The topological polar surface area (TPSA) is 29.3 Å². The van der Waals surface area contributed by atoms with Crippen LogP contribution in [0.5, 0.6) is 0 Å². The predicted molar refractivity (Wildman–Crippen MR) is 82.1 cm³/mol.